The molecule has 152 valence electrons. The van der Waals surface area contributed by atoms with Crippen molar-refractivity contribution < 1.29 is 22.4 Å². The van der Waals surface area contributed by atoms with Crippen LogP contribution < -0.4 is 5.43 Å². The largest absolute Gasteiger partial charge is 0.417 e. The van der Waals surface area contributed by atoms with Crippen LogP contribution in [0.4, 0.5) is 17.6 Å². The zero-order valence-electron chi connectivity index (χ0n) is 15.5. The molecule has 0 aliphatic carbocycles. The molecule has 0 saturated heterocycles. The van der Waals surface area contributed by atoms with Crippen molar-refractivity contribution in [2.24, 2.45) is 0 Å². The monoisotopic (exact) mass is 414 g/mol. The molecule has 0 saturated carbocycles. The number of nitrogens with one attached hydrogen (secondary N) is 1. The van der Waals surface area contributed by atoms with Gasteiger partial charge >= 0.3 is 6.18 Å². The van der Waals surface area contributed by atoms with Crippen molar-refractivity contribution >= 4 is 16.8 Å². The molecule has 1 N–H and O–H groups in total. The molecule has 0 atom stereocenters. The van der Waals surface area contributed by atoms with Crippen molar-refractivity contribution in [2.45, 2.75) is 13.1 Å². The van der Waals surface area contributed by atoms with Gasteiger partial charge in [-0.05, 0) is 48.9 Å². The maximum absolute atomic E-state index is 13.7. The maximum atomic E-state index is 13.7. The minimum absolute atomic E-state index is 0.00258. The van der Waals surface area contributed by atoms with Gasteiger partial charge in [0.05, 0.1) is 28.0 Å². The molecule has 0 unspecified atom stereocenters. The summed E-state index contributed by atoms with van der Waals surface area (Å²) in [6.07, 6.45) is -0.963. The predicted octanol–water partition coefficient (Wildman–Crippen LogP) is 4.95. The zero-order chi connectivity index (χ0) is 21.5. The second-order valence-corrected chi connectivity index (χ2v) is 6.61. The lowest BCUT2D eigenvalue weighted by atomic mass is 10.1. The van der Waals surface area contributed by atoms with Crippen LogP contribution in [0.25, 0.3) is 22.3 Å². The average Bonchev–Trinajstić information content (AvgIpc) is 3.02. The lowest BCUT2D eigenvalue weighted by Gasteiger charge is -2.15. The molecule has 0 bridgehead atoms. The fraction of sp³-hybridized carbons (Fsp3) is 0.0952. The van der Waals surface area contributed by atoms with Crippen LogP contribution in [-0.2, 0) is 6.18 Å². The Morgan fingerprint density at radius 3 is 2.57 bits per heavy atom. The highest BCUT2D eigenvalue weighted by atomic mass is 19.4. The van der Waals surface area contributed by atoms with Gasteiger partial charge in [-0.3, -0.25) is 24.9 Å². The number of carbonyl (C=O) groups excluding carboxylic acids is 1. The summed E-state index contributed by atoms with van der Waals surface area (Å²) in [6.45, 7) is 1.70. The van der Waals surface area contributed by atoms with Crippen LogP contribution in [0.5, 0.6) is 0 Å². The maximum Gasteiger partial charge on any atom is 0.417 e. The number of pyridine rings is 2. The van der Waals surface area contributed by atoms with Gasteiger partial charge in [-0.1, -0.05) is 6.07 Å². The number of aromatic nitrogens is 3. The van der Waals surface area contributed by atoms with Crippen LogP contribution in [-0.4, -0.2) is 20.6 Å². The molecule has 0 fully saturated rings. The molecule has 9 heteroatoms. The fourth-order valence-electron chi connectivity index (χ4n) is 3.15. The van der Waals surface area contributed by atoms with Crippen molar-refractivity contribution in [3.05, 3.63) is 83.6 Å². The van der Waals surface area contributed by atoms with Gasteiger partial charge in [-0.15, -0.1) is 0 Å². The molecule has 5 nitrogen and oxygen atoms in total. The van der Waals surface area contributed by atoms with E-state index in [9.17, 15) is 22.4 Å². The van der Waals surface area contributed by atoms with E-state index in [1.165, 1.54) is 41.3 Å². The summed E-state index contributed by atoms with van der Waals surface area (Å²) in [5, 5.41) is 0.537. The van der Waals surface area contributed by atoms with Crippen molar-refractivity contribution in [1.82, 2.24) is 14.6 Å². The minimum Gasteiger partial charge on any atom is -0.267 e. The highest BCUT2D eigenvalue weighted by molar-refractivity contribution is 6.02. The number of fused-ring (bicyclic) bond motifs is 1. The molecule has 0 spiro atoms. The van der Waals surface area contributed by atoms with Crippen LogP contribution in [0.15, 0.2) is 61.1 Å². The first-order chi connectivity index (χ1) is 14.2. The lowest BCUT2D eigenvalue weighted by Crippen LogP contribution is -2.25. The highest BCUT2D eigenvalue weighted by Gasteiger charge is 2.36. The third-order valence-electron chi connectivity index (χ3n) is 4.57. The van der Waals surface area contributed by atoms with Gasteiger partial charge in [-0.25, -0.2) is 4.39 Å². The van der Waals surface area contributed by atoms with Crippen LogP contribution in [0.1, 0.15) is 21.5 Å². The van der Waals surface area contributed by atoms with E-state index in [0.29, 0.717) is 16.5 Å². The fourth-order valence-corrected chi connectivity index (χ4v) is 3.15. The van der Waals surface area contributed by atoms with Gasteiger partial charge < -0.3 is 0 Å². The number of hydrogen-bond acceptors (Lipinski definition) is 3. The molecule has 0 aliphatic rings. The van der Waals surface area contributed by atoms with Crippen LogP contribution in [0, 0.1) is 12.7 Å². The second-order valence-electron chi connectivity index (χ2n) is 6.61. The van der Waals surface area contributed by atoms with Crippen LogP contribution >= 0.6 is 0 Å². The number of benzene rings is 1. The van der Waals surface area contributed by atoms with E-state index in [2.05, 4.69) is 15.4 Å². The Labute approximate surface area is 168 Å². The Morgan fingerprint density at radius 1 is 1.07 bits per heavy atom. The number of carbonyl (C=O) groups is 1. The van der Waals surface area contributed by atoms with Gasteiger partial charge in [0.2, 0.25) is 0 Å². The molecule has 3 heterocycles. The van der Waals surface area contributed by atoms with Crippen molar-refractivity contribution in [3.63, 3.8) is 0 Å². The van der Waals surface area contributed by atoms with Gasteiger partial charge in [0.1, 0.15) is 5.82 Å². The quantitative estimate of drug-likeness (QED) is 0.483. The molecule has 0 aliphatic heterocycles. The van der Waals surface area contributed by atoms with Crippen LogP contribution in [0.2, 0.25) is 0 Å². The summed E-state index contributed by atoms with van der Waals surface area (Å²) in [5.74, 6) is -1.45. The first-order valence-corrected chi connectivity index (χ1v) is 8.81. The van der Waals surface area contributed by atoms with Gasteiger partial charge in [0.25, 0.3) is 5.91 Å². The van der Waals surface area contributed by atoms with Gasteiger partial charge in [0.15, 0.2) is 0 Å². The van der Waals surface area contributed by atoms with E-state index < -0.39 is 29.0 Å². The summed E-state index contributed by atoms with van der Waals surface area (Å²) in [4.78, 5) is 20.7. The first-order valence-electron chi connectivity index (χ1n) is 8.81. The molecule has 1 amide bonds. The number of nitrogens with zero attached hydrogens (tertiary/aromatic N) is 3. The van der Waals surface area contributed by atoms with Crippen molar-refractivity contribution in [3.8, 4) is 11.4 Å². The Morgan fingerprint density at radius 2 is 1.87 bits per heavy atom. The summed E-state index contributed by atoms with van der Waals surface area (Å²) < 4.78 is 55.7. The molecule has 4 aromatic rings. The number of halogens is 4. The standard InChI is InChI=1S/C21H14F4N4O/c1-12-11-29(19-6-5-13(22)8-14(12)19)28-20(30)15-10-27-18(9-16(15)21(23,24)25)17-4-2-3-7-26-17/h2-11H,1H3,(H,28,30). The van der Waals surface area contributed by atoms with E-state index >= 15 is 0 Å². The SMILES string of the molecule is Cc1cn(NC(=O)c2cnc(-c3ccccn3)cc2C(F)(F)F)c2ccc(F)cc12. The summed E-state index contributed by atoms with van der Waals surface area (Å²) in [7, 11) is 0. The van der Waals surface area contributed by atoms with E-state index in [-0.39, 0.29) is 11.4 Å². The van der Waals surface area contributed by atoms with Gasteiger partial charge in [-0.2, -0.15) is 13.2 Å². The smallest absolute Gasteiger partial charge is 0.267 e. The van der Waals surface area contributed by atoms with Gasteiger partial charge in [0, 0.05) is 24.0 Å². The van der Waals surface area contributed by atoms with E-state index in [1.807, 2.05) is 0 Å². The summed E-state index contributed by atoms with van der Waals surface area (Å²) in [6, 6.07) is 9.50. The molecule has 4 rings (SSSR count). The Bertz CT molecular complexity index is 1250. The van der Waals surface area contributed by atoms with E-state index in [1.54, 1.807) is 19.1 Å². The molecule has 1 aromatic carbocycles. The zero-order valence-corrected chi connectivity index (χ0v) is 15.5. The predicted molar refractivity (Wildman–Crippen MR) is 103 cm³/mol. The number of rotatable bonds is 3. The molecular weight excluding hydrogens is 400 g/mol. The number of aryl methyl sites for hydroxylation is 1. The number of amides is 1. The van der Waals surface area contributed by atoms with Crippen molar-refractivity contribution in [1.29, 1.82) is 0 Å². The highest BCUT2D eigenvalue weighted by Crippen LogP contribution is 2.34. The molecule has 3 aromatic heterocycles. The molecular formula is C21H14F4N4O. The Balaban J connectivity index is 1.74. The normalized spacial score (nSPS) is 11.6. The van der Waals surface area contributed by atoms with Crippen LogP contribution in [0.3, 0.4) is 0 Å². The number of alkyl halides is 3. The van der Waals surface area contributed by atoms with E-state index in [4.69, 9.17) is 0 Å². The number of hydrogen-bond donors (Lipinski definition) is 1. The second kappa shape index (κ2) is 7.25. The third kappa shape index (κ3) is 3.61. The molecule has 30 heavy (non-hydrogen) atoms. The minimum atomic E-state index is -4.78. The first kappa shape index (κ1) is 19.6. The summed E-state index contributed by atoms with van der Waals surface area (Å²) in [5.41, 5.74) is 2.01. The lowest BCUT2D eigenvalue weighted by molar-refractivity contribution is -0.137. The topological polar surface area (TPSA) is 59.8 Å². The van der Waals surface area contributed by atoms with Crippen molar-refractivity contribution in [2.75, 3.05) is 5.43 Å². The summed E-state index contributed by atoms with van der Waals surface area (Å²) >= 11 is 0. The third-order valence-corrected chi connectivity index (χ3v) is 4.57. The van der Waals surface area contributed by atoms with E-state index in [0.717, 1.165) is 12.3 Å². The Hall–Kier alpha value is -3.75. The molecule has 0 radical (unpaired) electrons. The average molecular weight is 414 g/mol. The Kier molecular flexibility index (Phi) is 4.73.